The molecule has 0 aliphatic rings. The molecule has 0 amide bonds. The number of nitrogens with zero attached hydrogens (tertiary/aromatic N) is 4. The van der Waals surface area contributed by atoms with E-state index in [0.717, 1.165) is 5.75 Å². The maximum atomic E-state index is 8.62. The summed E-state index contributed by atoms with van der Waals surface area (Å²) < 4.78 is 7.18. The highest BCUT2D eigenvalue weighted by Gasteiger charge is 1.95. The highest BCUT2D eigenvalue weighted by atomic mass is 16.5. The van der Waals surface area contributed by atoms with Crippen LogP contribution in [0, 0.1) is 11.3 Å². The molecule has 0 N–H and O–H groups in total. The van der Waals surface area contributed by atoms with E-state index in [-0.39, 0.29) is 0 Å². The minimum Gasteiger partial charge on any atom is -0.492 e. The molecule has 1 heterocycles. The Morgan fingerprint density at radius 2 is 2.12 bits per heavy atom. The van der Waals surface area contributed by atoms with Gasteiger partial charge in [-0.15, -0.1) is 0 Å². The minimum atomic E-state index is 0.523. The monoisotopic (exact) mass is 214 g/mol. The molecule has 2 rings (SSSR count). The molecule has 5 nitrogen and oxygen atoms in total. The van der Waals surface area contributed by atoms with Gasteiger partial charge in [-0.05, 0) is 24.3 Å². The Bertz CT molecular complexity index is 470. The Morgan fingerprint density at radius 3 is 2.75 bits per heavy atom. The third kappa shape index (κ3) is 2.58. The summed E-state index contributed by atoms with van der Waals surface area (Å²) in [6.45, 7) is 1.18. The van der Waals surface area contributed by atoms with Gasteiger partial charge in [-0.2, -0.15) is 10.4 Å². The first-order valence-corrected chi connectivity index (χ1v) is 4.84. The van der Waals surface area contributed by atoms with Crippen LogP contribution in [0.3, 0.4) is 0 Å². The van der Waals surface area contributed by atoms with Gasteiger partial charge in [-0.1, -0.05) is 0 Å². The van der Waals surface area contributed by atoms with Crippen molar-refractivity contribution in [2.45, 2.75) is 6.54 Å². The fourth-order valence-corrected chi connectivity index (χ4v) is 1.23. The largest absolute Gasteiger partial charge is 0.492 e. The van der Waals surface area contributed by atoms with Crippen molar-refractivity contribution in [2.75, 3.05) is 6.61 Å². The molecular weight excluding hydrogens is 204 g/mol. The summed E-state index contributed by atoms with van der Waals surface area (Å²) in [5, 5.41) is 12.6. The first-order chi connectivity index (χ1) is 7.88. The van der Waals surface area contributed by atoms with Crippen LogP contribution in [0.2, 0.25) is 0 Å². The highest BCUT2D eigenvalue weighted by Crippen LogP contribution is 2.11. The standard InChI is InChI=1S/C11H10N4O/c12-7-10-1-3-11(4-2-10)16-6-5-15-9-13-8-14-15/h1-4,8-9H,5-6H2. The normalized spacial score (nSPS) is 9.69. The third-order valence-electron chi connectivity index (χ3n) is 2.04. The van der Waals surface area contributed by atoms with E-state index in [1.807, 2.05) is 0 Å². The van der Waals surface area contributed by atoms with Crippen LogP contribution in [0.1, 0.15) is 5.56 Å². The van der Waals surface area contributed by atoms with Crippen LogP contribution in [0.15, 0.2) is 36.9 Å². The van der Waals surface area contributed by atoms with E-state index in [1.54, 1.807) is 35.3 Å². The third-order valence-corrected chi connectivity index (χ3v) is 2.04. The molecule has 0 aliphatic carbocycles. The van der Waals surface area contributed by atoms with Crippen LogP contribution >= 0.6 is 0 Å². The van der Waals surface area contributed by atoms with Gasteiger partial charge in [0, 0.05) is 0 Å². The predicted molar refractivity (Wildman–Crippen MR) is 56.7 cm³/mol. The Balaban J connectivity index is 1.83. The quantitative estimate of drug-likeness (QED) is 0.767. The zero-order chi connectivity index (χ0) is 11.2. The van der Waals surface area contributed by atoms with Crippen molar-refractivity contribution in [2.24, 2.45) is 0 Å². The van der Waals surface area contributed by atoms with E-state index in [0.29, 0.717) is 18.7 Å². The molecule has 0 fully saturated rings. The summed E-state index contributed by atoms with van der Waals surface area (Å²) in [4.78, 5) is 3.83. The number of nitriles is 1. The summed E-state index contributed by atoms with van der Waals surface area (Å²) >= 11 is 0. The average Bonchev–Trinajstić information content (AvgIpc) is 2.83. The van der Waals surface area contributed by atoms with Gasteiger partial charge in [0.05, 0.1) is 18.2 Å². The molecule has 0 saturated carbocycles. The fraction of sp³-hybridized carbons (Fsp3) is 0.182. The summed E-state index contributed by atoms with van der Waals surface area (Å²) in [7, 11) is 0. The first kappa shape index (κ1) is 10.2. The van der Waals surface area contributed by atoms with Gasteiger partial charge in [-0.25, -0.2) is 9.67 Å². The number of rotatable bonds is 4. The maximum Gasteiger partial charge on any atom is 0.137 e. The smallest absolute Gasteiger partial charge is 0.137 e. The Morgan fingerprint density at radius 1 is 1.31 bits per heavy atom. The lowest BCUT2D eigenvalue weighted by atomic mass is 10.2. The van der Waals surface area contributed by atoms with E-state index in [2.05, 4.69) is 16.2 Å². The number of ether oxygens (including phenoxy) is 1. The number of aromatic nitrogens is 3. The second-order valence-corrected chi connectivity index (χ2v) is 3.14. The van der Waals surface area contributed by atoms with Gasteiger partial charge < -0.3 is 4.74 Å². The molecule has 80 valence electrons. The Labute approximate surface area is 92.9 Å². The van der Waals surface area contributed by atoms with Crippen LogP contribution in [0.25, 0.3) is 0 Å². The van der Waals surface area contributed by atoms with Crippen LogP contribution in [-0.4, -0.2) is 21.4 Å². The van der Waals surface area contributed by atoms with Gasteiger partial charge >= 0.3 is 0 Å². The molecule has 0 atom stereocenters. The SMILES string of the molecule is N#Cc1ccc(OCCn2cncn2)cc1. The van der Waals surface area contributed by atoms with Gasteiger partial charge in [0.25, 0.3) is 0 Å². The molecule has 2 aromatic rings. The lowest BCUT2D eigenvalue weighted by Gasteiger charge is -2.05. The van der Waals surface area contributed by atoms with Crippen molar-refractivity contribution in [1.29, 1.82) is 5.26 Å². The highest BCUT2D eigenvalue weighted by molar-refractivity contribution is 5.34. The zero-order valence-electron chi connectivity index (χ0n) is 8.58. The minimum absolute atomic E-state index is 0.523. The van der Waals surface area contributed by atoms with E-state index < -0.39 is 0 Å². The van der Waals surface area contributed by atoms with Crippen molar-refractivity contribution >= 4 is 0 Å². The molecule has 0 saturated heterocycles. The Kier molecular flexibility index (Phi) is 3.14. The molecule has 0 radical (unpaired) electrons. The summed E-state index contributed by atoms with van der Waals surface area (Å²) in [6, 6.07) is 9.06. The summed E-state index contributed by atoms with van der Waals surface area (Å²) in [6.07, 6.45) is 3.13. The lowest BCUT2D eigenvalue weighted by molar-refractivity contribution is 0.291. The molecule has 16 heavy (non-hydrogen) atoms. The molecule has 0 unspecified atom stereocenters. The second kappa shape index (κ2) is 4.94. The molecule has 1 aromatic heterocycles. The second-order valence-electron chi connectivity index (χ2n) is 3.14. The first-order valence-electron chi connectivity index (χ1n) is 4.84. The molecule has 0 aliphatic heterocycles. The molecule has 0 bridgehead atoms. The van der Waals surface area contributed by atoms with Crippen LogP contribution < -0.4 is 4.74 Å². The van der Waals surface area contributed by atoms with E-state index in [4.69, 9.17) is 10.00 Å². The van der Waals surface area contributed by atoms with Crippen LogP contribution in [0.4, 0.5) is 0 Å². The fourth-order valence-electron chi connectivity index (χ4n) is 1.23. The van der Waals surface area contributed by atoms with Crippen molar-refractivity contribution in [3.8, 4) is 11.8 Å². The molecule has 1 aromatic carbocycles. The zero-order valence-corrected chi connectivity index (χ0v) is 8.58. The summed E-state index contributed by atoms with van der Waals surface area (Å²) in [5.74, 6) is 0.749. The van der Waals surface area contributed by atoms with Crippen LogP contribution in [-0.2, 0) is 6.54 Å². The van der Waals surface area contributed by atoms with E-state index in [9.17, 15) is 0 Å². The number of hydrogen-bond donors (Lipinski definition) is 0. The van der Waals surface area contributed by atoms with Crippen molar-refractivity contribution in [1.82, 2.24) is 14.8 Å². The number of hydrogen-bond acceptors (Lipinski definition) is 4. The average molecular weight is 214 g/mol. The maximum absolute atomic E-state index is 8.62. The molecule has 0 spiro atoms. The summed E-state index contributed by atoms with van der Waals surface area (Å²) in [5.41, 5.74) is 0.628. The Hall–Kier alpha value is -2.35. The van der Waals surface area contributed by atoms with Crippen molar-refractivity contribution < 1.29 is 4.74 Å². The van der Waals surface area contributed by atoms with E-state index >= 15 is 0 Å². The van der Waals surface area contributed by atoms with E-state index in [1.165, 1.54) is 6.33 Å². The topological polar surface area (TPSA) is 63.7 Å². The van der Waals surface area contributed by atoms with Crippen LogP contribution in [0.5, 0.6) is 5.75 Å². The lowest BCUT2D eigenvalue weighted by Crippen LogP contribution is -2.08. The van der Waals surface area contributed by atoms with Gasteiger partial charge in [0.15, 0.2) is 0 Å². The predicted octanol–water partition coefficient (Wildman–Crippen LogP) is 1.23. The van der Waals surface area contributed by atoms with Gasteiger partial charge in [0.1, 0.15) is 25.0 Å². The molecule has 5 heteroatoms. The van der Waals surface area contributed by atoms with Gasteiger partial charge in [-0.3, -0.25) is 0 Å². The van der Waals surface area contributed by atoms with Gasteiger partial charge in [0.2, 0.25) is 0 Å². The van der Waals surface area contributed by atoms with Crippen molar-refractivity contribution in [3.63, 3.8) is 0 Å². The van der Waals surface area contributed by atoms with Crippen molar-refractivity contribution in [3.05, 3.63) is 42.5 Å². The number of benzene rings is 1. The molecular formula is C11H10N4O.